The fraction of sp³-hybridized carbons (Fsp3) is 0.800. The van der Waals surface area contributed by atoms with Crippen molar-refractivity contribution >= 4 is 0 Å². The van der Waals surface area contributed by atoms with Gasteiger partial charge < -0.3 is 0 Å². The summed E-state index contributed by atoms with van der Waals surface area (Å²) in [6.45, 7) is 10.9. The van der Waals surface area contributed by atoms with Crippen molar-refractivity contribution in [2.45, 2.75) is 78.6 Å². The van der Waals surface area contributed by atoms with Gasteiger partial charge in [0.1, 0.15) is 0 Å². The molecule has 0 aromatic carbocycles. The molecular formula is C20H36. The topological polar surface area (TPSA) is 0 Å². The quantitative estimate of drug-likeness (QED) is 0.407. The minimum absolute atomic E-state index is 0.778. The van der Waals surface area contributed by atoms with E-state index in [9.17, 15) is 0 Å². The fourth-order valence-electron chi connectivity index (χ4n) is 3.95. The molecule has 0 amide bonds. The SMILES string of the molecule is C=CC1CCCC(CCCC(C=CC)CCCC)C1C. The maximum Gasteiger partial charge on any atom is -0.0208 e. The monoisotopic (exact) mass is 276 g/mol. The van der Waals surface area contributed by atoms with Crippen LogP contribution in [0.15, 0.2) is 24.8 Å². The van der Waals surface area contributed by atoms with Crippen LogP contribution < -0.4 is 0 Å². The van der Waals surface area contributed by atoms with Crippen molar-refractivity contribution in [1.29, 1.82) is 0 Å². The predicted octanol–water partition coefficient (Wildman–Crippen LogP) is 6.78. The number of unbranched alkanes of at least 4 members (excludes halogenated alkanes) is 1. The maximum atomic E-state index is 4.03. The second-order valence-electron chi connectivity index (χ2n) is 6.81. The van der Waals surface area contributed by atoms with Crippen LogP contribution in [0.3, 0.4) is 0 Å². The third-order valence-electron chi connectivity index (χ3n) is 5.38. The van der Waals surface area contributed by atoms with Crippen molar-refractivity contribution in [3.05, 3.63) is 24.8 Å². The summed E-state index contributed by atoms with van der Waals surface area (Å²) in [4.78, 5) is 0. The first-order valence-electron chi connectivity index (χ1n) is 8.98. The highest BCUT2D eigenvalue weighted by molar-refractivity contribution is 4.90. The Kier molecular flexibility index (Phi) is 8.98. The molecule has 0 aliphatic heterocycles. The van der Waals surface area contributed by atoms with Gasteiger partial charge in [-0.2, -0.15) is 0 Å². The van der Waals surface area contributed by atoms with E-state index in [1.807, 2.05) is 0 Å². The van der Waals surface area contributed by atoms with E-state index in [0.29, 0.717) is 0 Å². The molecule has 0 bridgehead atoms. The van der Waals surface area contributed by atoms with E-state index in [4.69, 9.17) is 0 Å². The lowest BCUT2D eigenvalue weighted by atomic mass is 9.71. The van der Waals surface area contributed by atoms with Crippen molar-refractivity contribution in [1.82, 2.24) is 0 Å². The molecule has 0 spiro atoms. The first kappa shape index (κ1) is 17.5. The molecule has 4 unspecified atom stereocenters. The molecule has 0 radical (unpaired) electrons. The molecule has 20 heavy (non-hydrogen) atoms. The molecule has 0 nitrogen and oxygen atoms in total. The second-order valence-corrected chi connectivity index (χ2v) is 6.81. The first-order valence-corrected chi connectivity index (χ1v) is 8.98. The Morgan fingerprint density at radius 3 is 2.60 bits per heavy atom. The third-order valence-corrected chi connectivity index (χ3v) is 5.38. The van der Waals surface area contributed by atoms with E-state index >= 15 is 0 Å². The van der Waals surface area contributed by atoms with Crippen LogP contribution in [0.5, 0.6) is 0 Å². The Bertz CT molecular complexity index is 276. The zero-order chi connectivity index (χ0) is 14.8. The first-order chi connectivity index (χ1) is 9.72. The van der Waals surface area contributed by atoms with Gasteiger partial charge in [-0.1, -0.05) is 70.6 Å². The van der Waals surface area contributed by atoms with Crippen LogP contribution in [0.4, 0.5) is 0 Å². The smallest absolute Gasteiger partial charge is 0.0208 e. The lowest BCUT2D eigenvalue weighted by Gasteiger charge is -2.34. The summed E-state index contributed by atoms with van der Waals surface area (Å²) in [5.41, 5.74) is 0. The van der Waals surface area contributed by atoms with Crippen LogP contribution in [0.25, 0.3) is 0 Å². The second kappa shape index (κ2) is 10.2. The Morgan fingerprint density at radius 1 is 1.20 bits per heavy atom. The van der Waals surface area contributed by atoms with Crippen molar-refractivity contribution in [3.63, 3.8) is 0 Å². The van der Waals surface area contributed by atoms with E-state index < -0.39 is 0 Å². The summed E-state index contributed by atoms with van der Waals surface area (Å²) in [5.74, 6) is 3.41. The van der Waals surface area contributed by atoms with Gasteiger partial charge in [0.2, 0.25) is 0 Å². The largest absolute Gasteiger partial charge is 0.103 e. The molecule has 0 aromatic heterocycles. The minimum Gasteiger partial charge on any atom is -0.103 e. The normalized spacial score (nSPS) is 28.6. The van der Waals surface area contributed by atoms with Crippen molar-refractivity contribution in [2.24, 2.45) is 23.7 Å². The lowest BCUT2D eigenvalue weighted by molar-refractivity contribution is 0.186. The predicted molar refractivity (Wildman–Crippen MR) is 91.9 cm³/mol. The van der Waals surface area contributed by atoms with Crippen LogP contribution in [0.2, 0.25) is 0 Å². The Balaban J connectivity index is 2.32. The number of hydrogen-bond donors (Lipinski definition) is 0. The summed E-state index contributed by atoms with van der Waals surface area (Å²) < 4.78 is 0. The van der Waals surface area contributed by atoms with E-state index in [0.717, 1.165) is 23.7 Å². The zero-order valence-electron chi connectivity index (χ0n) is 14.1. The highest BCUT2D eigenvalue weighted by Crippen LogP contribution is 2.38. The molecule has 1 saturated carbocycles. The van der Waals surface area contributed by atoms with E-state index in [1.165, 1.54) is 57.8 Å². The van der Waals surface area contributed by atoms with Gasteiger partial charge in [0.05, 0.1) is 0 Å². The average Bonchev–Trinajstić information content (AvgIpc) is 2.46. The lowest BCUT2D eigenvalue weighted by Crippen LogP contribution is -2.24. The summed E-state index contributed by atoms with van der Waals surface area (Å²) in [5, 5.41) is 0. The average molecular weight is 277 g/mol. The van der Waals surface area contributed by atoms with Gasteiger partial charge >= 0.3 is 0 Å². The van der Waals surface area contributed by atoms with Crippen LogP contribution in [-0.2, 0) is 0 Å². The third kappa shape index (κ3) is 5.85. The zero-order valence-corrected chi connectivity index (χ0v) is 14.1. The molecule has 116 valence electrons. The number of hydrogen-bond acceptors (Lipinski definition) is 0. The summed E-state index contributed by atoms with van der Waals surface area (Å²) in [7, 11) is 0. The van der Waals surface area contributed by atoms with E-state index in [2.05, 4.69) is 45.6 Å². The molecule has 0 saturated heterocycles. The molecule has 1 aliphatic rings. The highest BCUT2D eigenvalue weighted by Gasteiger charge is 2.27. The fourth-order valence-corrected chi connectivity index (χ4v) is 3.95. The molecule has 0 heteroatoms. The van der Waals surface area contributed by atoms with Crippen molar-refractivity contribution < 1.29 is 0 Å². The van der Waals surface area contributed by atoms with E-state index in [1.54, 1.807) is 0 Å². The van der Waals surface area contributed by atoms with Gasteiger partial charge in [-0.25, -0.2) is 0 Å². The Labute approximate surface area is 127 Å². The van der Waals surface area contributed by atoms with E-state index in [-0.39, 0.29) is 0 Å². The van der Waals surface area contributed by atoms with Crippen LogP contribution in [0, 0.1) is 23.7 Å². The molecular weight excluding hydrogens is 240 g/mol. The Morgan fingerprint density at radius 2 is 1.95 bits per heavy atom. The molecule has 0 heterocycles. The minimum atomic E-state index is 0.778. The van der Waals surface area contributed by atoms with Gasteiger partial charge in [-0.3, -0.25) is 0 Å². The van der Waals surface area contributed by atoms with Gasteiger partial charge in [0.15, 0.2) is 0 Å². The highest BCUT2D eigenvalue weighted by atomic mass is 14.3. The molecule has 1 aliphatic carbocycles. The van der Waals surface area contributed by atoms with Crippen molar-refractivity contribution in [3.8, 4) is 0 Å². The van der Waals surface area contributed by atoms with Crippen molar-refractivity contribution in [2.75, 3.05) is 0 Å². The Hall–Kier alpha value is -0.520. The molecule has 1 rings (SSSR count). The van der Waals surface area contributed by atoms with Crippen LogP contribution in [0.1, 0.15) is 78.6 Å². The van der Waals surface area contributed by atoms with Crippen LogP contribution in [-0.4, -0.2) is 0 Å². The summed E-state index contributed by atoms with van der Waals surface area (Å²) >= 11 is 0. The number of allylic oxidation sites excluding steroid dienone is 3. The van der Waals surface area contributed by atoms with Gasteiger partial charge in [-0.05, 0) is 49.9 Å². The molecule has 1 fully saturated rings. The maximum absolute atomic E-state index is 4.03. The summed E-state index contributed by atoms with van der Waals surface area (Å²) in [6.07, 6.45) is 19.5. The molecule has 0 N–H and O–H groups in total. The van der Waals surface area contributed by atoms with Gasteiger partial charge in [0, 0.05) is 0 Å². The molecule has 4 atom stereocenters. The van der Waals surface area contributed by atoms with Gasteiger partial charge in [-0.15, -0.1) is 6.58 Å². The number of rotatable bonds is 9. The van der Waals surface area contributed by atoms with Crippen LogP contribution >= 0.6 is 0 Å². The summed E-state index contributed by atoms with van der Waals surface area (Å²) in [6, 6.07) is 0. The van der Waals surface area contributed by atoms with Gasteiger partial charge in [0.25, 0.3) is 0 Å². The standard InChI is InChI=1S/C20H36/c1-5-8-12-18(11-6-2)13-9-15-20-16-10-14-19(7-3)17(20)4/h6-7,11,17-20H,3,5,8-10,12-16H2,1-2,4H3. The molecule has 0 aromatic rings.